The second-order valence-electron chi connectivity index (χ2n) is 7.53. The predicted molar refractivity (Wildman–Crippen MR) is 117 cm³/mol. The van der Waals surface area contributed by atoms with Crippen molar-refractivity contribution < 1.29 is 13.9 Å². The van der Waals surface area contributed by atoms with Crippen molar-refractivity contribution in [3.63, 3.8) is 0 Å². The van der Waals surface area contributed by atoms with Crippen molar-refractivity contribution >= 4 is 27.8 Å². The Morgan fingerprint density at radius 2 is 1.90 bits per heavy atom. The molecule has 4 rings (SSSR count). The summed E-state index contributed by atoms with van der Waals surface area (Å²) in [5.41, 5.74) is 4.26. The van der Waals surface area contributed by atoms with Gasteiger partial charge >= 0.3 is 0 Å². The molecule has 150 valence electrons. The Morgan fingerprint density at radius 3 is 2.52 bits per heavy atom. The molecule has 5 nitrogen and oxygen atoms in total. The van der Waals surface area contributed by atoms with Crippen LogP contribution in [-0.2, 0) is 6.54 Å². The molecule has 0 aliphatic rings. The third kappa shape index (κ3) is 3.16. The minimum atomic E-state index is -0.177. The molecule has 1 amide bonds. The summed E-state index contributed by atoms with van der Waals surface area (Å²) in [5, 5.41) is 4.47. The SMILES string of the molecule is CCn1ccc2c3oc(-c4ccc(C)cc4)c(C(=O)NC)c3cc(OC(C)C)c21. The summed E-state index contributed by atoms with van der Waals surface area (Å²) in [6.07, 6.45) is 2.05. The van der Waals surface area contributed by atoms with Crippen LogP contribution < -0.4 is 10.1 Å². The van der Waals surface area contributed by atoms with Gasteiger partial charge in [0, 0.05) is 36.1 Å². The van der Waals surface area contributed by atoms with Crippen LogP contribution in [0.25, 0.3) is 33.2 Å². The number of fused-ring (bicyclic) bond motifs is 3. The van der Waals surface area contributed by atoms with Crippen LogP contribution in [-0.4, -0.2) is 23.6 Å². The highest BCUT2D eigenvalue weighted by Crippen LogP contribution is 2.42. The van der Waals surface area contributed by atoms with Gasteiger partial charge in [-0.1, -0.05) is 29.8 Å². The lowest BCUT2D eigenvalue weighted by Gasteiger charge is -2.13. The number of hydrogen-bond acceptors (Lipinski definition) is 3. The summed E-state index contributed by atoms with van der Waals surface area (Å²) < 4.78 is 14.6. The van der Waals surface area contributed by atoms with E-state index in [1.165, 1.54) is 0 Å². The minimum Gasteiger partial charge on any atom is -0.489 e. The number of rotatable bonds is 5. The van der Waals surface area contributed by atoms with Gasteiger partial charge in [0.05, 0.1) is 17.2 Å². The van der Waals surface area contributed by atoms with E-state index in [9.17, 15) is 4.79 Å². The first kappa shape index (κ1) is 19.1. The highest BCUT2D eigenvalue weighted by atomic mass is 16.5. The molecule has 0 bridgehead atoms. The van der Waals surface area contributed by atoms with E-state index in [4.69, 9.17) is 9.15 Å². The first-order chi connectivity index (χ1) is 13.9. The van der Waals surface area contributed by atoms with E-state index in [0.29, 0.717) is 16.9 Å². The zero-order valence-corrected chi connectivity index (χ0v) is 17.5. The third-order valence-electron chi connectivity index (χ3n) is 5.13. The fourth-order valence-corrected chi connectivity index (χ4v) is 3.78. The number of carbonyl (C=O) groups excluding carboxylic acids is 1. The van der Waals surface area contributed by atoms with Crippen LogP contribution >= 0.6 is 0 Å². The number of hydrogen-bond donors (Lipinski definition) is 1. The molecular formula is C24H26N2O3. The topological polar surface area (TPSA) is 56.4 Å². The first-order valence-corrected chi connectivity index (χ1v) is 9.98. The van der Waals surface area contributed by atoms with E-state index in [1.807, 2.05) is 63.4 Å². The van der Waals surface area contributed by atoms with Crippen molar-refractivity contribution in [1.82, 2.24) is 9.88 Å². The van der Waals surface area contributed by atoms with E-state index in [0.717, 1.165) is 39.7 Å². The van der Waals surface area contributed by atoms with E-state index < -0.39 is 0 Å². The Labute approximate surface area is 170 Å². The average molecular weight is 390 g/mol. The van der Waals surface area contributed by atoms with Crippen LogP contribution in [0.5, 0.6) is 5.75 Å². The molecule has 0 saturated heterocycles. The van der Waals surface area contributed by atoms with Crippen LogP contribution in [0.1, 0.15) is 36.7 Å². The zero-order valence-electron chi connectivity index (χ0n) is 17.5. The Hall–Kier alpha value is -3.21. The Balaban J connectivity index is 2.10. The number of furan rings is 1. The van der Waals surface area contributed by atoms with Crippen LogP contribution in [0, 0.1) is 6.92 Å². The molecule has 0 aliphatic carbocycles. The lowest BCUT2D eigenvalue weighted by Crippen LogP contribution is -2.18. The third-order valence-corrected chi connectivity index (χ3v) is 5.13. The standard InChI is InChI=1S/C24H26N2O3/c1-6-26-12-11-17-21(26)19(28-14(2)3)13-18-20(24(27)25-5)22(29-23(17)18)16-9-7-15(4)8-10-16/h7-14H,6H2,1-5H3,(H,25,27). The molecular weight excluding hydrogens is 364 g/mol. The quantitative estimate of drug-likeness (QED) is 0.487. The van der Waals surface area contributed by atoms with Gasteiger partial charge < -0.3 is 19.0 Å². The van der Waals surface area contributed by atoms with Crippen molar-refractivity contribution in [1.29, 1.82) is 0 Å². The number of aromatic nitrogens is 1. The number of ether oxygens (including phenoxy) is 1. The first-order valence-electron chi connectivity index (χ1n) is 9.98. The average Bonchev–Trinajstić information content (AvgIpc) is 3.29. The van der Waals surface area contributed by atoms with Gasteiger partial charge in [0.15, 0.2) is 0 Å². The minimum absolute atomic E-state index is 0.0165. The van der Waals surface area contributed by atoms with Crippen molar-refractivity contribution in [3.8, 4) is 17.1 Å². The monoisotopic (exact) mass is 390 g/mol. The molecule has 0 unspecified atom stereocenters. The van der Waals surface area contributed by atoms with Gasteiger partial charge in [-0.3, -0.25) is 4.79 Å². The Morgan fingerprint density at radius 1 is 1.17 bits per heavy atom. The van der Waals surface area contributed by atoms with E-state index in [-0.39, 0.29) is 12.0 Å². The summed E-state index contributed by atoms with van der Waals surface area (Å²) in [4.78, 5) is 12.9. The van der Waals surface area contributed by atoms with Crippen LogP contribution in [0.15, 0.2) is 47.0 Å². The maximum Gasteiger partial charge on any atom is 0.255 e. The number of nitrogens with one attached hydrogen (secondary N) is 1. The number of nitrogens with zero attached hydrogens (tertiary/aromatic N) is 1. The van der Waals surface area contributed by atoms with Gasteiger partial charge in [-0.2, -0.15) is 0 Å². The molecule has 0 fully saturated rings. The lowest BCUT2D eigenvalue weighted by molar-refractivity contribution is 0.0964. The Bertz CT molecular complexity index is 1200. The van der Waals surface area contributed by atoms with Gasteiger partial charge in [0.2, 0.25) is 0 Å². The molecule has 4 aromatic rings. The van der Waals surface area contributed by atoms with Crippen LogP contribution in [0.2, 0.25) is 0 Å². The van der Waals surface area contributed by atoms with Gasteiger partial charge in [-0.05, 0) is 39.8 Å². The summed E-state index contributed by atoms with van der Waals surface area (Å²) >= 11 is 0. The van der Waals surface area contributed by atoms with Crippen LogP contribution in [0.4, 0.5) is 0 Å². The second-order valence-corrected chi connectivity index (χ2v) is 7.53. The van der Waals surface area contributed by atoms with E-state index >= 15 is 0 Å². The maximum atomic E-state index is 12.9. The fourth-order valence-electron chi connectivity index (χ4n) is 3.78. The van der Waals surface area contributed by atoms with Crippen molar-refractivity contribution in [2.45, 2.75) is 40.3 Å². The summed E-state index contributed by atoms with van der Waals surface area (Å²) in [6.45, 7) is 8.95. The maximum absolute atomic E-state index is 12.9. The number of amides is 1. The number of aryl methyl sites for hydroxylation is 2. The molecule has 0 spiro atoms. The highest BCUT2D eigenvalue weighted by molar-refractivity contribution is 6.17. The molecule has 1 N–H and O–H groups in total. The van der Waals surface area contributed by atoms with E-state index in [2.05, 4.69) is 16.8 Å². The largest absolute Gasteiger partial charge is 0.489 e. The van der Waals surface area contributed by atoms with E-state index in [1.54, 1.807) is 7.05 Å². The zero-order chi connectivity index (χ0) is 20.7. The van der Waals surface area contributed by atoms with Gasteiger partial charge in [-0.25, -0.2) is 0 Å². The molecule has 2 heterocycles. The highest BCUT2D eigenvalue weighted by Gasteiger charge is 2.25. The lowest BCUT2D eigenvalue weighted by atomic mass is 10.0. The summed E-state index contributed by atoms with van der Waals surface area (Å²) in [7, 11) is 1.64. The molecule has 2 aromatic carbocycles. The van der Waals surface area contributed by atoms with Gasteiger partial charge in [0.1, 0.15) is 17.1 Å². The summed E-state index contributed by atoms with van der Waals surface area (Å²) in [5.74, 6) is 1.16. The second kappa shape index (κ2) is 7.32. The predicted octanol–water partition coefficient (Wildman–Crippen LogP) is 5.53. The number of benzene rings is 2. The molecule has 29 heavy (non-hydrogen) atoms. The summed E-state index contributed by atoms with van der Waals surface area (Å²) in [6, 6.07) is 12.0. The molecule has 0 aliphatic heterocycles. The Kier molecular flexibility index (Phi) is 4.82. The van der Waals surface area contributed by atoms with Crippen molar-refractivity contribution in [2.24, 2.45) is 0 Å². The fraction of sp³-hybridized carbons (Fsp3) is 0.292. The molecule has 0 radical (unpaired) electrons. The molecule has 0 saturated carbocycles. The number of carbonyl (C=O) groups is 1. The molecule has 5 heteroatoms. The van der Waals surface area contributed by atoms with Gasteiger partial charge in [0.25, 0.3) is 5.91 Å². The molecule has 0 atom stereocenters. The molecule has 2 aromatic heterocycles. The van der Waals surface area contributed by atoms with Gasteiger partial charge in [-0.15, -0.1) is 0 Å². The van der Waals surface area contributed by atoms with Crippen LogP contribution in [0.3, 0.4) is 0 Å². The normalized spacial score (nSPS) is 11.5. The smallest absolute Gasteiger partial charge is 0.255 e. The van der Waals surface area contributed by atoms with Crippen molar-refractivity contribution in [3.05, 3.63) is 53.7 Å². The van der Waals surface area contributed by atoms with Crippen molar-refractivity contribution in [2.75, 3.05) is 7.05 Å².